The summed E-state index contributed by atoms with van der Waals surface area (Å²) >= 11 is 1.87. The molecule has 15 heavy (non-hydrogen) atoms. The molecular weight excluding hydrogens is 212 g/mol. The van der Waals surface area contributed by atoms with Crippen molar-refractivity contribution in [1.29, 1.82) is 0 Å². The molecule has 1 unspecified atom stereocenters. The van der Waals surface area contributed by atoms with E-state index in [4.69, 9.17) is 4.74 Å². The van der Waals surface area contributed by atoms with Crippen LogP contribution in [0.3, 0.4) is 0 Å². The summed E-state index contributed by atoms with van der Waals surface area (Å²) in [6.07, 6.45) is 0. The lowest BCUT2D eigenvalue weighted by atomic mass is 10.3. The molecule has 90 valence electrons. The van der Waals surface area contributed by atoms with Gasteiger partial charge in [0.2, 0.25) is 5.91 Å². The van der Waals surface area contributed by atoms with Crippen molar-refractivity contribution < 1.29 is 9.53 Å². The second-order valence-electron chi connectivity index (χ2n) is 3.16. The number of carbonyl (C=O) groups is 1. The number of amides is 1. The van der Waals surface area contributed by atoms with Gasteiger partial charge in [0.25, 0.3) is 0 Å². The summed E-state index contributed by atoms with van der Waals surface area (Å²) in [6.45, 7) is 6.01. The molecule has 0 rings (SSSR count). The summed E-state index contributed by atoms with van der Waals surface area (Å²) in [7, 11) is 1.62. The molecule has 0 aromatic heterocycles. The Balaban J connectivity index is 3.42. The molecule has 0 aliphatic heterocycles. The van der Waals surface area contributed by atoms with Crippen LogP contribution in [0.4, 0.5) is 0 Å². The topological polar surface area (TPSA) is 50.4 Å². The molecule has 0 aromatic rings. The molecule has 0 aliphatic rings. The zero-order valence-electron chi connectivity index (χ0n) is 9.84. The summed E-state index contributed by atoms with van der Waals surface area (Å²) in [6, 6.07) is -0.126. The fourth-order valence-electron chi connectivity index (χ4n) is 1.01. The fraction of sp³-hybridized carbons (Fsp3) is 0.900. The van der Waals surface area contributed by atoms with Crippen molar-refractivity contribution in [2.75, 3.05) is 38.3 Å². The first kappa shape index (κ1) is 14.7. The van der Waals surface area contributed by atoms with E-state index in [-0.39, 0.29) is 11.9 Å². The number of thioether (sulfide) groups is 1. The van der Waals surface area contributed by atoms with Crippen LogP contribution in [0.2, 0.25) is 0 Å². The third-order valence-corrected chi connectivity index (χ3v) is 2.80. The van der Waals surface area contributed by atoms with Crippen LogP contribution in [0.5, 0.6) is 0 Å². The molecule has 0 heterocycles. The van der Waals surface area contributed by atoms with E-state index < -0.39 is 0 Å². The second-order valence-corrected chi connectivity index (χ2v) is 4.55. The molecule has 0 spiro atoms. The van der Waals surface area contributed by atoms with Gasteiger partial charge < -0.3 is 15.4 Å². The minimum atomic E-state index is -0.126. The Morgan fingerprint density at radius 1 is 1.47 bits per heavy atom. The van der Waals surface area contributed by atoms with Gasteiger partial charge in [-0.1, -0.05) is 6.92 Å². The van der Waals surface area contributed by atoms with E-state index in [0.717, 1.165) is 18.1 Å². The lowest BCUT2D eigenvalue weighted by molar-refractivity contribution is -0.122. The van der Waals surface area contributed by atoms with Gasteiger partial charge >= 0.3 is 0 Å². The van der Waals surface area contributed by atoms with E-state index in [1.54, 1.807) is 7.11 Å². The van der Waals surface area contributed by atoms with Crippen molar-refractivity contribution in [3.63, 3.8) is 0 Å². The van der Waals surface area contributed by atoms with E-state index in [1.165, 1.54) is 0 Å². The second kappa shape index (κ2) is 10.3. The largest absolute Gasteiger partial charge is 0.383 e. The number of carbonyl (C=O) groups excluding carboxylic acids is 1. The highest BCUT2D eigenvalue weighted by Gasteiger charge is 2.10. The van der Waals surface area contributed by atoms with Crippen molar-refractivity contribution in [2.24, 2.45) is 0 Å². The zero-order valence-corrected chi connectivity index (χ0v) is 10.7. The number of hydrogen-bond donors (Lipinski definition) is 2. The van der Waals surface area contributed by atoms with E-state index in [9.17, 15) is 4.79 Å². The van der Waals surface area contributed by atoms with Crippen LogP contribution in [0.15, 0.2) is 0 Å². The maximum atomic E-state index is 11.4. The molecule has 0 aliphatic carbocycles. The number of ether oxygens (including phenoxy) is 1. The predicted molar refractivity (Wildman–Crippen MR) is 65.3 cm³/mol. The Bertz CT molecular complexity index is 168. The molecule has 0 aromatic carbocycles. The zero-order chi connectivity index (χ0) is 11.5. The molecule has 4 nitrogen and oxygen atoms in total. The predicted octanol–water partition coefficient (Wildman–Crippen LogP) is 0.480. The van der Waals surface area contributed by atoms with Gasteiger partial charge in [0.1, 0.15) is 0 Å². The van der Waals surface area contributed by atoms with Gasteiger partial charge in [-0.3, -0.25) is 4.79 Å². The van der Waals surface area contributed by atoms with E-state index in [2.05, 4.69) is 17.6 Å². The van der Waals surface area contributed by atoms with Crippen molar-refractivity contribution in [2.45, 2.75) is 19.9 Å². The average Bonchev–Trinajstić information content (AvgIpc) is 2.24. The number of methoxy groups -OCH3 is 1. The highest BCUT2D eigenvalue weighted by Crippen LogP contribution is 1.95. The average molecular weight is 234 g/mol. The highest BCUT2D eigenvalue weighted by molar-refractivity contribution is 7.99. The first-order valence-electron chi connectivity index (χ1n) is 5.30. The quantitative estimate of drug-likeness (QED) is 0.570. The maximum Gasteiger partial charge on any atom is 0.236 e. The van der Waals surface area contributed by atoms with E-state index in [1.807, 2.05) is 18.7 Å². The maximum absolute atomic E-state index is 11.4. The summed E-state index contributed by atoms with van der Waals surface area (Å²) in [4.78, 5) is 11.4. The molecule has 0 radical (unpaired) electrons. The molecule has 0 saturated heterocycles. The highest BCUT2D eigenvalue weighted by atomic mass is 32.2. The Morgan fingerprint density at radius 2 is 2.20 bits per heavy atom. The van der Waals surface area contributed by atoms with Crippen LogP contribution in [0.1, 0.15) is 13.8 Å². The number of rotatable bonds is 9. The van der Waals surface area contributed by atoms with Gasteiger partial charge in [0, 0.05) is 26.0 Å². The molecule has 0 fully saturated rings. The van der Waals surface area contributed by atoms with Crippen LogP contribution in [0, 0.1) is 0 Å². The molecule has 1 amide bonds. The number of hydrogen-bond acceptors (Lipinski definition) is 4. The molecule has 1 atom stereocenters. The standard InChI is InChI=1S/C10H22N2O2S/c1-4-15-8-6-11-9(2)10(13)12-5-7-14-3/h9,11H,4-8H2,1-3H3,(H,12,13). The SMILES string of the molecule is CCSCCNC(C)C(=O)NCCOC. The first-order chi connectivity index (χ1) is 7.22. The summed E-state index contributed by atoms with van der Waals surface area (Å²) in [5, 5.41) is 5.96. The van der Waals surface area contributed by atoms with Crippen LogP contribution in [-0.4, -0.2) is 50.3 Å². The fourth-order valence-corrected chi connectivity index (χ4v) is 1.56. The third-order valence-electron chi connectivity index (χ3n) is 1.90. The van der Waals surface area contributed by atoms with Gasteiger partial charge in [0.05, 0.1) is 12.6 Å². The van der Waals surface area contributed by atoms with E-state index >= 15 is 0 Å². The number of nitrogens with one attached hydrogen (secondary N) is 2. The lowest BCUT2D eigenvalue weighted by Crippen LogP contribution is -2.43. The van der Waals surface area contributed by atoms with Gasteiger partial charge in [-0.2, -0.15) is 11.8 Å². The van der Waals surface area contributed by atoms with Crippen molar-refractivity contribution in [3.8, 4) is 0 Å². The Labute approximate surface area is 96.5 Å². The minimum absolute atomic E-state index is 0.0357. The first-order valence-corrected chi connectivity index (χ1v) is 6.45. The van der Waals surface area contributed by atoms with E-state index in [0.29, 0.717) is 13.2 Å². The third kappa shape index (κ3) is 8.72. The van der Waals surface area contributed by atoms with Crippen LogP contribution in [0.25, 0.3) is 0 Å². The molecular formula is C10H22N2O2S. The Kier molecular flexibility index (Phi) is 10.1. The van der Waals surface area contributed by atoms with Gasteiger partial charge in [0.15, 0.2) is 0 Å². The summed E-state index contributed by atoms with van der Waals surface area (Å²) in [5.41, 5.74) is 0. The lowest BCUT2D eigenvalue weighted by Gasteiger charge is -2.13. The molecule has 0 saturated carbocycles. The summed E-state index contributed by atoms with van der Waals surface area (Å²) < 4.78 is 4.85. The molecule has 5 heteroatoms. The molecule has 2 N–H and O–H groups in total. The Morgan fingerprint density at radius 3 is 2.80 bits per heavy atom. The minimum Gasteiger partial charge on any atom is -0.383 e. The normalized spacial score (nSPS) is 12.5. The molecule has 0 bridgehead atoms. The van der Waals surface area contributed by atoms with Crippen molar-refractivity contribution in [3.05, 3.63) is 0 Å². The van der Waals surface area contributed by atoms with Crippen molar-refractivity contribution >= 4 is 17.7 Å². The summed E-state index contributed by atoms with van der Waals surface area (Å²) in [5.74, 6) is 2.20. The van der Waals surface area contributed by atoms with Crippen LogP contribution in [-0.2, 0) is 9.53 Å². The van der Waals surface area contributed by atoms with Gasteiger partial charge in [-0.05, 0) is 12.7 Å². The Hall–Kier alpha value is -0.260. The van der Waals surface area contributed by atoms with Crippen molar-refractivity contribution in [1.82, 2.24) is 10.6 Å². The smallest absolute Gasteiger partial charge is 0.236 e. The monoisotopic (exact) mass is 234 g/mol. The van der Waals surface area contributed by atoms with Crippen LogP contribution < -0.4 is 10.6 Å². The van der Waals surface area contributed by atoms with Gasteiger partial charge in [-0.15, -0.1) is 0 Å². The van der Waals surface area contributed by atoms with Gasteiger partial charge in [-0.25, -0.2) is 0 Å². The van der Waals surface area contributed by atoms with Crippen LogP contribution >= 0.6 is 11.8 Å².